The number of hydrogen-bond donors (Lipinski definition) is 2. The van der Waals surface area contributed by atoms with Gasteiger partial charge in [-0.25, -0.2) is 0 Å². The topological polar surface area (TPSA) is 80.9 Å². The van der Waals surface area contributed by atoms with Gasteiger partial charge in [-0.1, -0.05) is 6.07 Å². The zero-order valence-corrected chi connectivity index (χ0v) is 10.7. The van der Waals surface area contributed by atoms with Crippen molar-refractivity contribution in [2.75, 3.05) is 5.73 Å². The first-order valence-electron chi connectivity index (χ1n) is 6.05. The molecular formula is C14H16N4O. The Balaban J connectivity index is 1.93. The zero-order valence-electron chi connectivity index (χ0n) is 10.7. The highest BCUT2D eigenvalue weighted by atomic mass is 16.1. The molecule has 98 valence electrons. The van der Waals surface area contributed by atoms with Crippen LogP contribution in [-0.2, 0) is 11.2 Å². The summed E-state index contributed by atoms with van der Waals surface area (Å²) >= 11 is 0. The van der Waals surface area contributed by atoms with Crippen molar-refractivity contribution in [3.8, 4) is 0 Å². The number of rotatable bonds is 4. The van der Waals surface area contributed by atoms with Gasteiger partial charge in [-0.2, -0.15) is 0 Å². The molecule has 19 heavy (non-hydrogen) atoms. The van der Waals surface area contributed by atoms with Gasteiger partial charge in [0.2, 0.25) is 5.91 Å². The number of carbonyl (C=O) groups is 1. The molecule has 0 aromatic carbocycles. The molecule has 2 rings (SSSR count). The lowest BCUT2D eigenvalue weighted by atomic mass is 10.1. The fourth-order valence-electron chi connectivity index (χ4n) is 1.71. The molecule has 1 atom stereocenters. The Bertz CT molecular complexity index is 539. The van der Waals surface area contributed by atoms with Gasteiger partial charge in [0.25, 0.3) is 0 Å². The van der Waals surface area contributed by atoms with Crippen molar-refractivity contribution < 1.29 is 4.79 Å². The van der Waals surface area contributed by atoms with Crippen LogP contribution in [0.25, 0.3) is 0 Å². The fourth-order valence-corrected chi connectivity index (χ4v) is 1.71. The summed E-state index contributed by atoms with van der Waals surface area (Å²) in [7, 11) is 0. The maximum atomic E-state index is 11.9. The largest absolute Gasteiger partial charge is 0.397 e. The zero-order chi connectivity index (χ0) is 13.7. The van der Waals surface area contributed by atoms with Crippen LogP contribution in [0.1, 0.15) is 24.2 Å². The number of aromatic nitrogens is 2. The third-order valence-electron chi connectivity index (χ3n) is 2.75. The average Bonchev–Trinajstić information content (AvgIpc) is 2.42. The van der Waals surface area contributed by atoms with Crippen LogP contribution in [0.3, 0.4) is 0 Å². The van der Waals surface area contributed by atoms with Gasteiger partial charge in [0.15, 0.2) is 0 Å². The van der Waals surface area contributed by atoms with Crippen molar-refractivity contribution in [3.63, 3.8) is 0 Å². The molecule has 0 aliphatic rings. The van der Waals surface area contributed by atoms with E-state index in [1.54, 1.807) is 30.7 Å². The number of anilines is 1. The Labute approximate surface area is 111 Å². The van der Waals surface area contributed by atoms with E-state index in [4.69, 9.17) is 5.73 Å². The molecule has 0 aliphatic carbocycles. The molecule has 0 aliphatic heterocycles. The minimum absolute atomic E-state index is 0.0741. The highest BCUT2D eigenvalue weighted by Crippen LogP contribution is 2.10. The lowest BCUT2D eigenvalue weighted by Gasteiger charge is -2.13. The molecule has 0 saturated carbocycles. The minimum atomic E-state index is -0.0753. The number of nitrogen functional groups attached to an aromatic ring is 1. The molecule has 1 amide bonds. The van der Waals surface area contributed by atoms with Crippen LogP contribution in [0.2, 0.25) is 0 Å². The summed E-state index contributed by atoms with van der Waals surface area (Å²) in [5.41, 5.74) is 7.81. The van der Waals surface area contributed by atoms with E-state index in [1.165, 1.54) is 0 Å². The summed E-state index contributed by atoms with van der Waals surface area (Å²) in [6.45, 7) is 1.92. The van der Waals surface area contributed by atoms with Crippen molar-refractivity contribution >= 4 is 11.6 Å². The van der Waals surface area contributed by atoms with Gasteiger partial charge in [-0.05, 0) is 30.7 Å². The molecule has 0 saturated heterocycles. The van der Waals surface area contributed by atoms with E-state index in [2.05, 4.69) is 15.3 Å². The first-order chi connectivity index (χ1) is 9.15. The molecule has 0 unspecified atom stereocenters. The van der Waals surface area contributed by atoms with E-state index >= 15 is 0 Å². The van der Waals surface area contributed by atoms with Crippen molar-refractivity contribution in [1.29, 1.82) is 0 Å². The van der Waals surface area contributed by atoms with Gasteiger partial charge in [0.1, 0.15) is 0 Å². The van der Waals surface area contributed by atoms with Gasteiger partial charge in [0.05, 0.1) is 24.3 Å². The summed E-state index contributed by atoms with van der Waals surface area (Å²) < 4.78 is 0. The number of nitrogens with one attached hydrogen (secondary N) is 1. The second-order valence-electron chi connectivity index (χ2n) is 4.34. The number of carbonyl (C=O) groups excluding carboxylic acids is 1. The molecule has 2 heterocycles. The van der Waals surface area contributed by atoms with Crippen molar-refractivity contribution in [2.24, 2.45) is 0 Å². The van der Waals surface area contributed by atoms with E-state index in [0.717, 1.165) is 5.56 Å². The normalized spacial score (nSPS) is 11.8. The molecule has 0 bridgehead atoms. The molecule has 5 nitrogen and oxygen atoms in total. The monoisotopic (exact) mass is 256 g/mol. The molecule has 3 N–H and O–H groups in total. The highest BCUT2D eigenvalue weighted by molar-refractivity contribution is 5.78. The van der Waals surface area contributed by atoms with Crippen molar-refractivity contribution in [3.05, 3.63) is 54.1 Å². The first-order valence-corrected chi connectivity index (χ1v) is 6.05. The second-order valence-corrected chi connectivity index (χ2v) is 4.34. The van der Waals surface area contributed by atoms with E-state index in [-0.39, 0.29) is 18.4 Å². The van der Waals surface area contributed by atoms with Crippen LogP contribution in [0.15, 0.2) is 42.9 Å². The summed E-state index contributed by atoms with van der Waals surface area (Å²) in [6, 6.07) is 7.19. The number of hydrogen-bond acceptors (Lipinski definition) is 4. The van der Waals surface area contributed by atoms with Crippen LogP contribution in [0, 0.1) is 0 Å². The van der Waals surface area contributed by atoms with Crippen LogP contribution in [0.5, 0.6) is 0 Å². The van der Waals surface area contributed by atoms with E-state index in [0.29, 0.717) is 11.4 Å². The molecule has 5 heteroatoms. The quantitative estimate of drug-likeness (QED) is 0.868. The van der Waals surface area contributed by atoms with Gasteiger partial charge in [-0.3, -0.25) is 14.8 Å². The third kappa shape index (κ3) is 3.77. The number of nitrogens with zero attached hydrogens (tertiary/aromatic N) is 2. The summed E-state index contributed by atoms with van der Waals surface area (Å²) in [4.78, 5) is 20.0. The van der Waals surface area contributed by atoms with Crippen molar-refractivity contribution in [2.45, 2.75) is 19.4 Å². The first kappa shape index (κ1) is 13.0. The second kappa shape index (κ2) is 5.95. The summed E-state index contributed by atoms with van der Waals surface area (Å²) in [5, 5.41) is 2.91. The lowest BCUT2D eigenvalue weighted by Crippen LogP contribution is -2.28. The van der Waals surface area contributed by atoms with Gasteiger partial charge in [-0.15, -0.1) is 0 Å². The number of amides is 1. The van der Waals surface area contributed by atoms with Crippen LogP contribution in [-0.4, -0.2) is 15.9 Å². The lowest BCUT2D eigenvalue weighted by molar-refractivity contribution is -0.121. The Hall–Kier alpha value is -2.43. The molecule has 0 fully saturated rings. The van der Waals surface area contributed by atoms with Gasteiger partial charge >= 0.3 is 0 Å². The molecule has 0 radical (unpaired) electrons. The minimum Gasteiger partial charge on any atom is -0.397 e. The summed E-state index contributed by atoms with van der Waals surface area (Å²) in [5.74, 6) is -0.0753. The van der Waals surface area contributed by atoms with E-state index in [9.17, 15) is 4.79 Å². The number of nitrogens with two attached hydrogens (primary N) is 1. The SMILES string of the molecule is C[C@H](NC(=O)Cc1ccc(N)cn1)c1cccnc1. The van der Waals surface area contributed by atoms with Crippen LogP contribution in [0.4, 0.5) is 5.69 Å². The smallest absolute Gasteiger partial charge is 0.226 e. The molecular weight excluding hydrogens is 240 g/mol. The molecule has 2 aromatic heterocycles. The Kier molecular flexibility index (Phi) is 4.07. The molecule has 0 spiro atoms. The Morgan fingerprint density at radius 3 is 2.84 bits per heavy atom. The Morgan fingerprint density at radius 1 is 1.37 bits per heavy atom. The van der Waals surface area contributed by atoms with Crippen LogP contribution >= 0.6 is 0 Å². The maximum absolute atomic E-state index is 11.9. The van der Waals surface area contributed by atoms with Crippen molar-refractivity contribution in [1.82, 2.24) is 15.3 Å². The standard InChI is InChI=1S/C14H16N4O/c1-10(11-3-2-6-16-8-11)18-14(19)7-13-5-4-12(15)9-17-13/h2-6,8-10H,7,15H2,1H3,(H,18,19)/t10-/m0/s1. The summed E-state index contributed by atoms with van der Waals surface area (Å²) in [6.07, 6.45) is 5.24. The highest BCUT2D eigenvalue weighted by Gasteiger charge is 2.10. The number of pyridine rings is 2. The Morgan fingerprint density at radius 2 is 2.21 bits per heavy atom. The van der Waals surface area contributed by atoms with E-state index in [1.807, 2.05) is 19.1 Å². The third-order valence-corrected chi connectivity index (χ3v) is 2.75. The maximum Gasteiger partial charge on any atom is 0.226 e. The van der Waals surface area contributed by atoms with E-state index < -0.39 is 0 Å². The predicted octanol–water partition coefficient (Wildman–Crippen LogP) is 1.48. The predicted molar refractivity (Wildman–Crippen MR) is 73.1 cm³/mol. The van der Waals surface area contributed by atoms with Crippen LogP contribution < -0.4 is 11.1 Å². The van der Waals surface area contributed by atoms with Gasteiger partial charge in [0, 0.05) is 18.1 Å². The van der Waals surface area contributed by atoms with Gasteiger partial charge < -0.3 is 11.1 Å². The molecule has 2 aromatic rings. The average molecular weight is 256 g/mol. The fraction of sp³-hybridized carbons (Fsp3) is 0.214.